The van der Waals surface area contributed by atoms with Crippen LogP contribution in [0.3, 0.4) is 0 Å². The van der Waals surface area contributed by atoms with E-state index >= 15 is 0 Å². The average Bonchev–Trinajstić information content (AvgIpc) is 2.34. The summed E-state index contributed by atoms with van der Waals surface area (Å²) in [6.07, 6.45) is 1.63. The van der Waals surface area contributed by atoms with E-state index in [2.05, 4.69) is 4.74 Å². The van der Waals surface area contributed by atoms with Crippen LogP contribution in [0.5, 0.6) is 0 Å². The second-order valence-electron chi connectivity index (χ2n) is 3.32. The minimum Gasteiger partial charge on any atom is -0.478 e. The van der Waals surface area contributed by atoms with Gasteiger partial charge >= 0.3 is 11.9 Å². The number of amides is 1. The standard InChI is InChI=1S/C10H13NO6/c1-16-10(15)7-6-17-5-4-11(7)8(12)2-3-9(13)14/h2-3,7H,4-6H2,1H3,(H,13,14)/b3-2+. The van der Waals surface area contributed by atoms with Crippen LogP contribution >= 0.6 is 0 Å². The third kappa shape index (κ3) is 3.56. The van der Waals surface area contributed by atoms with Crippen LogP contribution in [0, 0.1) is 0 Å². The van der Waals surface area contributed by atoms with Crippen molar-refractivity contribution in [2.75, 3.05) is 26.9 Å². The van der Waals surface area contributed by atoms with Crippen LogP contribution in [-0.4, -0.2) is 60.8 Å². The predicted octanol–water partition coefficient (Wildman–Crippen LogP) is -0.972. The molecule has 1 aliphatic heterocycles. The van der Waals surface area contributed by atoms with Gasteiger partial charge in [-0.05, 0) is 0 Å². The summed E-state index contributed by atoms with van der Waals surface area (Å²) in [6, 6.07) is -0.820. The van der Waals surface area contributed by atoms with E-state index in [4.69, 9.17) is 9.84 Å². The Morgan fingerprint density at radius 2 is 2.12 bits per heavy atom. The molecule has 1 fully saturated rings. The Balaban J connectivity index is 2.74. The van der Waals surface area contributed by atoms with E-state index in [0.717, 1.165) is 12.2 Å². The molecule has 0 radical (unpaired) electrons. The number of rotatable bonds is 3. The minimum absolute atomic E-state index is 0.0549. The fourth-order valence-electron chi connectivity index (χ4n) is 1.44. The van der Waals surface area contributed by atoms with Crippen molar-refractivity contribution < 1.29 is 29.0 Å². The first kappa shape index (κ1) is 13.2. The third-order valence-corrected chi connectivity index (χ3v) is 2.25. The zero-order valence-electron chi connectivity index (χ0n) is 9.29. The highest BCUT2D eigenvalue weighted by Crippen LogP contribution is 2.09. The average molecular weight is 243 g/mol. The molecule has 1 atom stereocenters. The van der Waals surface area contributed by atoms with Gasteiger partial charge in [0.05, 0.1) is 20.3 Å². The lowest BCUT2D eigenvalue weighted by Gasteiger charge is -2.32. The number of hydrogen-bond donors (Lipinski definition) is 1. The van der Waals surface area contributed by atoms with Gasteiger partial charge in [-0.25, -0.2) is 9.59 Å². The lowest BCUT2D eigenvalue weighted by atomic mass is 10.2. The van der Waals surface area contributed by atoms with Crippen LogP contribution in [-0.2, 0) is 23.9 Å². The number of nitrogens with zero attached hydrogens (tertiary/aromatic N) is 1. The lowest BCUT2D eigenvalue weighted by Crippen LogP contribution is -2.52. The number of carbonyl (C=O) groups is 3. The monoisotopic (exact) mass is 243 g/mol. The van der Waals surface area contributed by atoms with Crippen molar-refractivity contribution in [3.8, 4) is 0 Å². The molecule has 0 spiro atoms. The SMILES string of the molecule is COC(=O)C1COCCN1C(=O)/C=C/C(=O)O. The summed E-state index contributed by atoms with van der Waals surface area (Å²) < 4.78 is 9.62. The van der Waals surface area contributed by atoms with E-state index in [1.54, 1.807) is 0 Å². The topological polar surface area (TPSA) is 93.1 Å². The third-order valence-electron chi connectivity index (χ3n) is 2.25. The molecule has 1 unspecified atom stereocenters. The Hall–Kier alpha value is -1.89. The molecule has 0 saturated carbocycles. The van der Waals surface area contributed by atoms with Gasteiger partial charge in [0.1, 0.15) is 0 Å². The fraction of sp³-hybridized carbons (Fsp3) is 0.500. The molecule has 7 nitrogen and oxygen atoms in total. The number of methoxy groups -OCH3 is 1. The Bertz CT molecular complexity index is 351. The molecule has 7 heteroatoms. The number of hydrogen-bond acceptors (Lipinski definition) is 5. The zero-order valence-corrected chi connectivity index (χ0v) is 9.29. The maximum atomic E-state index is 11.6. The number of carboxylic acid groups (broad SMARTS) is 1. The highest BCUT2D eigenvalue weighted by Gasteiger charge is 2.32. The number of aliphatic carboxylic acids is 1. The van der Waals surface area contributed by atoms with E-state index < -0.39 is 23.9 Å². The fourth-order valence-corrected chi connectivity index (χ4v) is 1.44. The second kappa shape index (κ2) is 6.00. The molecule has 1 N–H and O–H groups in total. The van der Waals surface area contributed by atoms with Crippen LogP contribution in [0.15, 0.2) is 12.2 Å². The second-order valence-corrected chi connectivity index (χ2v) is 3.32. The summed E-state index contributed by atoms with van der Waals surface area (Å²) in [7, 11) is 1.21. The molecule has 0 aliphatic carbocycles. The molecule has 1 amide bonds. The smallest absolute Gasteiger partial charge is 0.331 e. The first-order chi connectivity index (χ1) is 8.06. The van der Waals surface area contributed by atoms with E-state index in [-0.39, 0.29) is 13.2 Å². The highest BCUT2D eigenvalue weighted by molar-refractivity contribution is 5.96. The van der Waals surface area contributed by atoms with Gasteiger partial charge in [-0.3, -0.25) is 4.79 Å². The van der Waals surface area contributed by atoms with E-state index in [1.807, 2.05) is 0 Å². The highest BCUT2D eigenvalue weighted by atomic mass is 16.5. The maximum Gasteiger partial charge on any atom is 0.331 e. The zero-order chi connectivity index (χ0) is 12.8. The van der Waals surface area contributed by atoms with Gasteiger partial charge in [-0.15, -0.1) is 0 Å². The quantitative estimate of drug-likeness (QED) is 0.506. The molecule has 1 heterocycles. The van der Waals surface area contributed by atoms with E-state index in [9.17, 15) is 14.4 Å². The van der Waals surface area contributed by atoms with Crippen molar-refractivity contribution in [2.45, 2.75) is 6.04 Å². The number of carbonyl (C=O) groups excluding carboxylic acids is 2. The first-order valence-electron chi connectivity index (χ1n) is 4.93. The molecule has 1 saturated heterocycles. The molecule has 0 aromatic heterocycles. The number of carboxylic acids is 1. The molecule has 17 heavy (non-hydrogen) atoms. The Morgan fingerprint density at radius 1 is 1.41 bits per heavy atom. The number of ether oxygens (including phenoxy) is 2. The van der Waals surface area contributed by atoms with Crippen LogP contribution < -0.4 is 0 Å². The Labute approximate surface area is 97.6 Å². The molecule has 1 aliphatic rings. The summed E-state index contributed by atoms with van der Waals surface area (Å²) in [6.45, 7) is 0.585. The summed E-state index contributed by atoms with van der Waals surface area (Å²) in [5, 5.41) is 8.41. The van der Waals surface area contributed by atoms with Crippen LogP contribution in [0.2, 0.25) is 0 Å². The predicted molar refractivity (Wildman–Crippen MR) is 55.1 cm³/mol. The molecule has 0 aromatic rings. The van der Waals surface area contributed by atoms with Crippen molar-refractivity contribution in [1.82, 2.24) is 4.90 Å². The molecular weight excluding hydrogens is 230 g/mol. The van der Waals surface area contributed by atoms with Crippen molar-refractivity contribution in [3.63, 3.8) is 0 Å². The largest absolute Gasteiger partial charge is 0.478 e. The van der Waals surface area contributed by atoms with E-state index in [0.29, 0.717) is 6.61 Å². The van der Waals surface area contributed by atoms with E-state index in [1.165, 1.54) is 12.0 Å². The molecule has 0 bridgehead atoms. The summed E-state index contributed by atoms with van der Waals surface area (Å²) in [5.41, 5.74) is 0. The number of morpholine rings is 1. The molecule has 0 aromatic carbocycles. The van der Waals surface area contributed by atoms with Gasteiger partial charge in [-0.1, -0.05) is 0 Å². The van der Waals surface area contributed by atoms with Gasteiger partial charge < -0.3 is 19.5 Å². The lowest BCUT2D eigenvalue weighted by molar-refractivity contribution is -0.158. The van der Waals surface area contributed by atoms with Crippen LogP contribution in [0.25, 0.3) is 0 Å². The van der Waals surface area contributed by atoms with Gasteiger partial charge in [0.25, 0.3) is 0 Å². The van der Waals surface area contributed by atoms with Crippen molar-refractivity contribution in [1.29, 1.82) is 0 Å². The van der Waals surface area contributed by atoms with Crippen molar-refractivity contribution in [3.05, 3.63) is 12.2 Å². The van der Waals surface area contributed by atoms with Crippen LogP contribution in [0.1, 0.15) is 0 Å². The summed E-state index contributed by atoms with van der Waals surface area (Å²) in [5.74, 6) is -2.35. The van der Waals surface area contributed by atoms with Gasteiger partial charge in [0, 0.05) is 18.7 Å². The van der Waals surface area contributed by atoms with Crippen molar-refractivity contribution in [2.24, 2.45) is 0 Å². The summed E-state index contributed by atoms with van der Waals surface area (Å²) in [4.78, 5) is 34.5. The minimum atomic E-state index is -1.22. The normalized spacial score (nSPS) is 20.3. The number of esters is 1. The van der Waals surface area contributed by atoms with Gasteiger partial charge in [-0.2, -0.15) is 0 Å². The van der Waals surface area contributed by atoms with Gasteiger partial charge in [0.15, 0.2) is 6.04 Å². The first-order valence-corrected chi connectivity index (χ1v) is 4.93. The maximum absolute atomic E-state index is 11.6. The van der Waals surface area contributed by atoms with Crippen LogP contribution in [0.4, 0.5) is 0 Å². The Kier molecular flexibility index (Phi) is 4.65. The van der Waals surface area contributed by atoms with Gasteiger partial charge in [0.2, 0.25) is 5.91 Å². The molecule has 94 valence electrons. The molecule has 1 rings (SSSR count). The summed E-state index contributed by atoms with van der Waals surface area (Å²) >= 11 is 0. The molecular formula is C10H13NO6. The Morgan fingerprint density at radius 3 is 2.71 bits per heavy atom. The van der Waals surface area contributed by atoms with Crippen molar-refractivity contribution >= 4 is 17.8 Å².